The zero-order valence-corrected chi connectivity index (χ0v) is 17.5. The number of ether oxygens (including phenoxy) is 3. The number of hydrogen-bond donors (Lipinski definition) is 0. The van der Waals surface area contributed by atoms with Crippen LogP contribution in [0.4, 0.5) is 0 Å². The number of methoxy groups -OCH3 is 1. The minimum absolute atomic E-state index is 0.194. The molecule has 0 spiro atoms. The minimum atomic E-state index is -3.64. The van der Waals surface area contributed by atoms with E-state index in [1.807, 2.05) is 4.90 Å². The molecule has 0 atom stereocenters. The van der Waals surface area contributed by atoms with Crippen LogP contribution >= 0.6 is 0 Å². The second-order valence-corrected chi connectivity index (χ2v) is 9.03. The number of carbonyl (C=O) groups excluding carboxylic acids is 1. The molecule has 0 aliphatic carbocycles. The summed E-state index contributed by atoms with van der Waals surface area (Å²) in [7, 11) is -2.32. The maximum Gasteiger partial charge on any atom is 0.341 e. The van der Waals surface area contributed by atoms with Gasteiger partial charge in [-0.25, -0.2) is 13.2 Å². The Bertz CT molecular complexity index is 1010. The lowest BCUT2D eigenvalue weighted by atomic mass is 10.2. The largest absolute Gasteiger partial charge is 0.490 e. The number of fused-ring (bicyclic) bond motifs is 1. The zero-order chi connectivity index (χ0) is 21.1. The van der Waals surface area contributed by atoms with Gasteiger partial charge >= 0.3 is 5.97 Å². The standard InChI is InChI=1S/C20H24N2O7S/c1-26-20(23)16-5-12-29-19(16)14-21-6-8-22(9-7-21)30(24,25)15-3-4-17-18(13-15)28-11-2-10-27-17/h3-5,12-13H,2,6-11,14H2,1H3. The Morgan fingerprint density at radius 3 is 2.53 bits per heavy atom. The van der Waals surface area contributed by atoms with Crippen LogP contribution in [0.25, 0.3) is 0 Å². The Hall–Kier alpha value is -2.56. The van der Waals surface area contributed by atoms with Crippen LogP contribution in [0.2, 0.25) is 0 Å². The van der Waals surface area contributed by atoms with Crippen LogP contribution < -0.4 is 9.47 Å². The molecule has 1 aromatic heterocycles. The Labute approximate surface area is 175 Å². The average Bonchev–Trinajstić information content (AvgIpc) is 3.08. The fraction of sp³-hybridized carbons (Fsp3) is 0.450. The van der Waals surface area contributed by atoms with E-state index in [0.29, 0.717) is 68.8 Å². The van der Waals surface area contributed by atoms with Gasteiger partial charge in [-0.05, 0) is 18.2 Å². The molecule has 1 fully saturated rings. The van der Waals surface area contributed by atoms with E-state index in [-0.39, 0.29) is 4.90 Å². The van der Waals surface area contributed by atoms with Gasteiger partial charge in [-0.15, -0.1) is 0 Å². The molecule has 0 radical (unpaired) electrons. The fourth-order valence-electron chi connectivity index (χ4n) is 3.54. The number of nitrogens with zero attached hydrogens (tertiary/aromatic N) is 2. The number of furan rings is 1. The smallest absolute Gasteiger partial charge is 0.341 e. The summed E-state index contributed by atoms with van der Waals surface area (Å²) < 4.78 is 49.0. The fourth-order valence-corrected chi connectivity index (χ4v) is 4.98. The summed E-state index contributed by atoms with van der Waals surface area (Å²) in [5.74, 6) is 1.09. The van der Waals surface area contributed by atoms with Crippen molar-refractivity contribution in [2.75, 3.05) is 46.5 Å². The third-order valence-electron chi connectivity index (χ3n) is 5.21. The quantitative estimate of drug-likeness (QED) is 0.654. The van der Waals surface area contributed by atoms with E-state index in [9.17, 15) is 13.2 Å². The number of rotatable bonds is 5. The molecule has 2 aromatic rings. The van der Waals surface area contributed by atoms with Gasteiger partial charge < -0.3 is 18.6 Å². The molecule has 1 aromatic carbocycles. The van der Waals surface area contributed by atoms with Gasteiger partial charge in [0.15, 0.2) is 11.5 Å². The van der Waals surface area contributed by atoms with E-state index in [4.69, 9.17) is 18.6 Å². The minimum Gasteiger partial charge on any atom is -0.490 e. The van der Waals surface area contributed by atoms with Crippen LogP contribution in [-0.2, 0) is 21.3 Å². The van der Waals surface area contributed by atoms with E-state index in [2.05, 4.69) is 0 Å². The SMILES string of the molecule is COC(=O)c1ccoc1CN1CCN(S(=O)(=O)c2ccc3c(c2)OCCCO3)CC1. The molecular weight excluding hydrogens is 412 g/mol. The molecular formula is C20H24N2O7S. The first-order valence-corrected chi connectivity index (χ1v) is 11.2. The molecule has 0 N–H and O–H groups in total. The molecule has 0 saturated carbocycles. The van der Waals surface area contributed by atoms with Gasteiger partial charge in [0.05, 0.1) is 38.0 Å². The highest BCUT2D eigenvalue weighted by Crippen LogP contribution is 2.33. The second kappa shape index (κ2) is 8.66. The number of hydrogen-bond acceptors (Lipinski definition) is 8. The van der Waals surface area contributed by atoms with Crippen molar-refractivity contribution >= 4 is 16.0 Å². The Balaban J connectivity index is 1.42. The van der Waals surface area contributed by atoms with Crippen molar-refractivity contribution in [1.82, 2.24) is 9.21 Å². The number of esters is 1. The molecule has 0 unspecified atom stereocenters. The third kappa shape index (κ3) is 4.16. The number of sulfonamides is 1. The first kappa shape index (κ1) is 20.7. The van der Waals surface area contributed by atoms with Crippen molar-refractivity contribution < 1.29 is 31.8 Å². The highest BCUT2D eigenvalue weighted by atomic mass is 32.2. The van der Waals surface area contributed by atoms with Crippen LogP contribution in [0.15, 0.2) is 39.8 Å². The Kier molecular flexibility index (Phi) is 5.98. The molecule has 162 valence electrons. The molecule has 2 aliphatic rings. The summed E-state index contributed by atoms with van der Waals surface area (Å²) >= 11 is 0. The second-order valence-electron chi connectivity index (χ2n) is 7.09. The van der Waals surface area contributed by atoms with Crippen LogP contribution in [0.3, 0.4) is 0 Å². The summed E-state index contributed by atoms with van der Waals surface area (Å²) in [6.45, 7) is 3.17. The first-order chi connectivity index (χ1) is 14.5. The van der Waals surface area contributed by atoms with E-state index < -0.39 is 16.0 Å². The predicted octanol–water partition coefficient (Wildman–Crippen LogP) is 1.73. The normalized spacial score (nSPS) is 18.0. The van der Waals surface area contributed by atoms with Gasteiger partial charge in [-0.3, -0.25) is 4.90 Å². The summed E-state index contributed by atoms with van der Waals surface area (Å²) in [5, 5.41) is 0. The molecule has 4 rings (SSSR count). The average molecular weight is 436 g/mol. The lowest BCUT2D eigenvalue weighted by Gasteiger charge is -2.33. The van der Waals surface area contributed by atoms with Gasteiger partial charge in [0.2, 0.25) is 10.0 Å². The van der Waals surface area contributed by atoms with Gasteiger partial charge in [-0.2, -0.15) is 4.31 Å². The first-order valence-electron chi connectivity index (χ1n) is 9.76. The van der Waals surface area contributed by atoms with Crippen molar-refractivity contribution in [3.63, 3.8) is 0 Å². The third-order valence-corrected chi connectivity index (χ3v) is 7.10. The van der Waals surface area contributed by atoms with Gasteiger partial charge in [0.25, 0.3) is 0 Å². The molecule has 1 saturated heterocycles. The summed E-state index contributed by atoms with van der Waals surface area (Å²) in [5.41, 5.74) is 0.389. The van der Waals surface area contributed by atoms with Crippen molar-refractivity contribution in [2.45, 2.75) is 17.9 Å². The van der Waals surface area contributed by atoms with Crippen molar-refractivity contribution in [1.29, 1.82) is 0 Å². The van der Waals surface area contributed by atoms with Gasteiger partial charge in [-0.1, -0.05) is 0 Å². The maximum atomic E-state index is 13.1. The highest BCUT2D eigenvalue weighted by Gasteiger charge is 2.30. The molecule has 3 heterocycles. The van der Waals surface area contributed by atoms with Crippen LogP contribution in [-0.4, -0.2) is 70.1 Å². The molecule has 2 aliphatic heterocycles. The van der Waals surface area contributed by atoms with Gasteiger partial charge in [0, 0.05) is 38.7 Å². The van der Waals surface area contributed by atoms with E-state index >= 15 is 0 Å². The van der Waals surface area contributed by atoms with Crippen molar-refractivity contribution in [3.05, 3.63) is 41.9 Å². The predicted molar refractivity (Wildman–Crippen MR) is 106 cm³/mol. The van der Waals surface area contributed by atoms with Crippen LogP contribution in [0.5, 0.6) is 11.5 Å². The van der Waals surface area contributed by atoms with Crippen LogP contribution in [0, 0.1) is 0 Å². The molecule has 30 heavy (non-hydrogen) atoms. The number of piperazine rings is 1. The molecule has 10 heteroatoms. The lowest BCUT2D eigenvalue weighted by Crippen LogP contribution is -2.48. The van der Waals surface area contributed by atoms with E-state index in [1.54, 1.807) is 18.2 Å². The molecule has 0 bridgehead atoms. The monoisotopic (exact) mass is 436 g/mol. The van der Waals surface area contributed by atoms with Gasteiger partial charge in [0.1, 0.15) is 11.3 Å². The summed E-state index contributed by atoms with van der Waals surface area (Å²) in [6, 6.07) is 6.32. The zero-order valence-electron chi connectivity index (χ0n) is 16.7. The maximum absolute atomic E-state index is 13.1. The highest BCUT2D eigenvalue weighted by molar-refractivity contribution is 7.89. The molecule has 0 amide bonds. The Morgan fingerprint density at radius 1 is 1.07 bits per heavy atom. The number of carbonyl (C=O) groups is 1. The number of benzene rings is 1. The van der Waals surface area contributed by atoms with E-state index in [1.165, 1.54) is 23.7 Å². The van der Waals surface area contributed by atoms with Crippen molar-refractivity contribution in [3.8, 4) is 11.5 Å². The van der Waals surface area contributed by atoms with E-state index in [0.717, 1.165) is 6.42 Å². The summed E-state index contributed by atoms with van der Waals surface area (Å²) in [6.07, 6.45) is 2.21. The van der Waals surface area contributed by atoms with Crippen LogP contribution in [0.1, 0.15) is 22.5 Å². The topological polar surface area (TPSA) is 98.5 Å². The molecule has 9 nitrogen and oxygen atoms in total. The summed E-state index contributed by atoms with van der Waals surface area (Å²) in [4.78, 5) is 14.0. The Morgan fingerprint density at radius 2 is 1.80 bits per heavy atom. The van der Waals surface area contributed by atoms with Crippen molar-refractivity contribution in [2.24, 2.45) is 0 Å². The lowest BCUT2D eigenvalue weighted by molar-refractivity contribution is 0.0595.